The maximum absolute atomic E-state index is 12.6. The Bertz CT molecular complexity index is 1150. The zero-order chi connectivity index (χ0) is 21.8. The lowest BCUT2D eigenvalue weighted by Gasteiger charge is -2.15. The van der Waals surface area contributed by atoms with Gasteiger partial charge in [-0.15, -0.1) is 11.8 Å². The van der Waals surface area contributed by atoms with Crippen LogP contribution < -0.4 is 5.32 Å². The van der Waals surface area contributed by atoms with Crippen LogP contribution in [-0.4, -0.2) is 46.9 Å². The number of amides is 1. The van der Waals surface area contributed by atoms with Gasteiger partial charge in [0.2, 0.25) is 5.91 Å². The molecule has 0 bridgehead atoms. The molecule has 2 heterocycles. The molecule has 1 N–H and O–H groups in total. The van der Waals surface area contributed by atoms with E-state index >= 15 is 0 Å². The molecule has 0 spiro atoms. The lowest BCUT2D eigenvalue weighted by Crippen LogP contribution is -2.40. The normalized spacial score (nSPS) is 18.5. The highest BCUT2D eigenvalue weighted by molar-refractivity contribution is 7.99. The van der Waals surface area contributed by atoms with Crippen molar-refractivity contribution in [1.29, 1.82) is 0 Å². The number of carbonyl (C=O) groups excluding carboxylic acids is 1. The monoisotopic (exact) mass is 455 g/mol. The van der Waals surface area contributed by atoms with E-state index in [0.29, 0.717) is 12.2 Å². The molecule has 2 atom stereocenters. The molecular weight excluding hydrogens is 430 g/mol. The maximum atomic E-state index is 12.6. The van der Waals surface area contributed by atoms with E-state index < -0.39 is 9.84 Å². The van der Waals surface area contributed by atoms with E-state index in [1.54, 1.807) is 0 Å². The van der Waals surface area contributed by atoms with Gasteiger partial charge in [0.1, 0.15) is 0 Å². The van der Waals surface area contributed by atoms with E-state index in [2.05, 4.69) is 5.32 Å². The van der Waals surface area contributed by atoms with E-state index in [4.69, 9.17) is 5.10 Å². The van der Waals surface area contributed by atoms with Crippen LogP contribution in [0.5, 0.6) is 0 Å². The summed E-state index contributed by atoms with van der Waals surface area (Å²) in [4.78, 5) is 12.6. The summed E-state index contributed by atoms with van der Waals surface area (Å²) in [7, 11) is -3.01. The lowest BCUT2D eigenvalue weighted by molar-refractivity contribution is -0.120. The fraction of sp³-hybridized carbons (Fsp3) is 0.304. The Kier molecular flexibility index (Phi) is 6.48. The van der Waals surface area contributed by atoms with Gasteiger partial charge in [-0.2, -0.15) is 5.10 Å². The number of hydrogen-bond donors (Lipinski definition) is 1. The zero-order valence-electron chi connectivity index (χ0n) is 17.3. The van der Waals surface area contributed by atoms with Gasteiger partial charge in [0.25, 0.3) is 0 Å². The smallest absolute Gasteiger partial charge is 0.233 e. The van der Waals surface area contributed by atoms with Crippen LogP contribution in [0.4, 0.5) is 0 Å². The van der Waals surface area contributed by atoms with Crippen molar-refractivity contribution in [1.82, 2.24) is 15.1 Å². The second-order valence-electron chi connectivity index (χ2n) is 7.71. The Hall–Kier alpha value is -2.58. The highest BCUT2D eigenvalue weighted by Crippen LogP contribution is 2.28. The van der Waals surface area contributed by atoms with Crippen molar-refractivity contribution < 1.29 is 13.2 Å². The predicted octanol–water partition coefficient (Wildman–Crippen LogP) is 3.46. The number of aromatic nitrogens is 2. The molecule has 1 aliphatic heterocycles. The van der Waals surface area contributed by atoms with Gasteiger partial charge in [-0.3, -0.25) is 4.79 Å². The third-order valence-electron chi connectivity index (χ3n) is 5.29. The van der Waals surface area contributed by atoms with Gasteiger partial charge in [-0.05, 0) is 25.5 Å². The molecule has 0 saturated carbocycles. The van der Waals surface area contributed by atoms with Gasteiger partial charge >= 0.3 is 0 Å². The average molecular weight is 456 g/mol. The van der Waals surface area contributed by atoms with Crippen molar-refractivity contribution in [3.63, 3.8) is 0 Å². The highest BCUT2D eigenvalue weighted by atomic mass is 32.2. The summed E-state index contributed by atoms with van der Waals surface area (Å²) in [5, 5.41) is 7.40. The van der Waals surface area contributed by atoms with E-state index in [1.165, 1.54) is 11.8 Å². The van der Waals surface area contributed by atoms with Crippen molar-refractivity contribution in [2.45, 2.75) is 30.4 Å². The number of hydrogen-bond acceptors (Lipinski definition) is 5. The molecule has 1 fully saturated rings. The third kappa shape index (κ3) is 5.37. The third-order valence-corrected chi connectivity index (χ3v) is 8.25. The minimum atomic E-state index is -3.01. The summed E-state index contributed by atoms with van der Waals surface area (Å²) < 4.78 is 25.1. The van der Waals surface area contributed by atoms with Crippen molar-refractivity contribution in [2.24, 2.45) is 0 Å². The standard InChI is InChI=1S/C23H25N3O3S2/c1-17(23(27)24-20-12-13-31(28,29)16-20)30-15-19-14-26(21-10-6-3-7-11-21)25-22(19)18-8-4-2-5-9-18/h2-11,14,17,20H,12-13,15-16H2,1H3,(H,24,27)/t17-,20-/m0/s1. The van der Waals surface area contributed by atoms with Crippen LogP contribution in [0.25, 0.3) is 16.9 Å². The molecule has 8 heteroatoms. The predicted molar refractivity (Wildman–Crippen MR) is 125 cm³/mol. The molecule has 1 aliphatic rings. The largest absolute Gasteiger partial charge is 0.351 e. The second kappa shape index (κ2) is 9.28. The Morgan fingerprint density at radius 3 is 2.48 bits per heavy atom. The number of rotatable bonds is 7. The van der Waals surface area contributed by atoms with E-state index in [-0.39, 0.29) is 28.7 Å². The van der Waals surface area contributed by atoms with Crippen LogP contribution in [-0.2, 0) is 20.4 Å². The first-order valence-corrected chi connectivity index (χ1v) is 13.1. The number of thioether (sulfide) groups is 1. The van der Waals surface area contributed by atoms with E-state index in [1.807, 2.05) is 78.5 Å². The quantitative estimate of drug-likeness (QED) is 0.590. The summed E-state index contributed by atoms with van der Waals surface area (Å²) in [5.74, 6) is 0.689. The SMILES string of the molecule is C[C@H](SCc1cn(-c2ccccc2)nc1-c1ccccc1)C(=O)N[C@H]1CCS(=O)(=O)C1. The number of para-hydroxylation sites is 1. The second-order valence-corrected chi connectivity index (χ2v) is 11.3. The Morgan fingerprint density at radius 2 is 1.84 bits per heavy atom. The topological polar surface area (TPSA) is 81.1 Å². The van der Waals surface area contributed by atoms with Gasteiger partial charge in [-0.1, -0.05) is 48.5 Å². The first-order valence-electron chi connectivity index (χ1n) is 10.2. The summed E-state index contributed by atoms with van der Waals surface area (Å²) >= 11 is 1.52. The Balaban J connectivity index is 1.48. The van der Waals surface area contributed by atoms with Gasteiger partial charge in [-0.25, -0.2) is 13.1 Å². The molecule has 31 heavy (non-hydrogen) atoms. The molecule has 162 valence electrons. The molecule has 4 rings (SSSR count). The van der Waals surface area contributed by atoms with Gasteiger partial charge in [0, 0.05) is 29.1 Å². The first-order chi connectivity index (χ1) is 14.9. The number of carbonyl (C=O) groups is 1. The Morgan fingerprint density at radius 1 is 1.16 bits per heavy atom. The summed E-state index contributed by atoms with van der Waals surface area (Å²) in [6, 6.07) is 19.7. The Labute approximate surface area is 187 Å². The van der Waals surface area contributed by atoms with Crippen LogP contribution in [0.15, 0.2) is 66.9 Å². The fourth-order valence-electron chi connectivity index (χ4n) is 3.59. The molecule has 2 aromatic carbocycles. The van der Waals surface area contributed by atoms with Crippen molar-refractivity contribution in [3.05, 3.63) is 72.4 Å². The average Bonchev–Trinajstić information content (AvgIpc) is 3.36. The molecule has 0 aliphatic carbocycles. The van der Waals surface area contributed by atoms with E-state index in [9.17, 15) is 13.2 Å². The van der Waals surface area contributed by atoms with Crippen molar-refractivity contribution >= 4 is 27.5 Å². The molecule has 3 aromatic rings. The number of nitrogens with one attached hydrogen (secondary N) is 1. The maximum Gasteiger partial charge on any atom is 0.233 e. The molecule has 1 aromatic heterocycles. The lowest BCUT2D eigenvalue weighted by atomic mass is 10.1. The molecule has 0 radical (unpaired) electrons. The van der Waals surface area contributed by atoms with E-state index in [0.717, 1.165) is 22.5 Å². The number of sulfone groups is 1. The molecular formula is C23H25N3O3S2. The summed E-state index contributed by atoms with van der Waals surface area (Å²) in [6.07, 6.45) is 2.51. The number of nitrogens with zero attached hydrogens (tertiary/aromatic N) is 2. The van der Waals surface area contributed by atoms with Crippen LogP contribution in [0, 0.1) is 0 Å². The zero-order valence-corrected chi connectivity index (χ0v) is 18.9. The van der Waals surface area contributed by atoms with Gasteiger partial charge < -0.3 is 5.32 Å². The highest BCUT2D eigenvalue weighted by Gasteiger charge is 2.30. The fourth-order valence-corrected chi connectivity index (χ4v) is 6.12. The molecule has 1 amide bonds. The minimum absolute atomic E-state index is 0.0398. The van der Waals surface area contributed by atoms with Crippen molar-refractivity contribution in [3.8, 4) is 16.9 Å². The number of benzene rings is 2. The van der Waals surface area contributed by atoms with Crippen LogP contribution >= 0.6 is 11.8 Å². The van der Waals surface area contributed by atoms with Crippen LogP contribution in [0.2, 0.25) is 0 Å². The molecule has 0 unspecified atom stereocenters. The van der Waals surface area contributed by atoms with Gasteiger partial charge in [0.15, 0.2) is 9.84 Å². The molecule has 1 saturated heterocycles. The summed E-state index contributed by atoms with van der Waals surface area (Å²) in [6.45, 7) is 1.85. The summed E-state index contributed by atoms with van der Waals surface area (Å²) in [5.41, 5.74) is 3.94. The van der Waals surface area contributed by atoms with Crippen molar-refractivity contribution in [2.75, 3.05) is 11.5 Å². The van der Waals surface area contributed by atoms with Gasteiger partial charge in [0.05, 0.1) is 28.1 Å². The first kappa shape index (κ1) is 21.6. The van der Waals surface area contributed by atoms with Crippen LogP contribution in [0.1, 0.15) is 18.9 Å². The minimum Gasteiger partial charge on any atom is -0.351 e. The van der Waals surface area contributed by atoms with Crippen LogP contribution in [0.3, 0.4) is 0 Å². The molecule has 6 nitrogen and oxygen atoms in total.